The number of hydrogen-bond donors (Lipinski definition) is 2. The van der Waals surface area contributed by atoms with Gasteiger partial charge in [0.2, 0.25) is 5.91 Å². The molecule has 0 atom stereocenters. The molecule has 2 rings (SSSR count). The van der Waals surface area contributed by atoms with Gasteiger partial charge in [0, 0.05) is 12.1 Å². The summed E-state index contributed by atoms with van der Waals surface area (Å²) in [5.74, 6) is -0.499. The van der Waals surface area contributed by atoms with Gasteiger partial charge in [-0.1, -0.05) is 0 Å². The van der Waals surface area contributed by atoms with Crippen LogP contribution in [0.1, 0.15) is 17.3 Å². The summed E-state index contributed by atoms with van der Waals surface area (Å²) in [6, 6.07) is 6.86. The van der Waals surface area contributed by atoms with E-state index in [1.807, 2.05) is 6.92 Å². The predicted molar refractivity (Wildman–Crippen MR) is 72.4 cm³/mol. The van der Waals surface area contributed by atoms with Gasteiger partial charge in [0.1, 0.15) is 12.7 Å². The summed E-state index contributed by atoms with van der Waals surface area (Å²) >= 11 is 0. The lowest BCUT2D eigenvalue weighted by molar-refractivity contribution is -0.120. The molecule has 0 saturated carbocycles. The highest BCUT2D eigenvalue weighted by Crippen LogP contribution is 2.07. The van der Waals surface area contributed by atoms with Crippen molar-refractivity contribution in [2.75, 3.05) is 13.1 Å². The van der Waals surface area contributed by atoms with E-state index in [4.69, 9.17) is 0 Å². The Kier molecular flexibility index (Phi) is 4.43. The largest absolute Gasteiger partial charge is 0.355 e. The Labute approximate surface area is 116 Å². The van der Waals surface area contributed by atoms with Gasteiger partial charge in [-0.05, 0) is 31.2 Å². The van der Waals surface area contributed by atoms with Gasteiger partial charge in [0.15, 0.2) is 0 Å². The number of carbonyl (C=O) groups is 2. The summed E-state index contributed by atoms with van der Waals surface area (Å²) in [7, 11) is 0. The fourth-order valence-corrected chi connectivity index (χ4v) is 1.63. The molecule has 1 aromatic carbocycles. The summed E-state index contributed by atoms with van der Waals surface area (Å²) in [5.41, 5.74) is 1.29. The molecule has 0 fully saturated rings. The number of rotatable bonds is 5. The van der Waals surface area contributed by atoms with Crippen LogP contribution in [0, 0.1) is 0 Å². The first-order valence-electron chi connectivity index (χ1n) is 6.20. The van der Waals surface area contributed by atoms with E-state index in [2.05, 4.69) is 20.7 Å². The molecule has 0 aliphatic heterocycles. The highest BCUT2D eigenvalue weighted by molar-refractivity contribution is 5.96. The first kappa shape index (κ1) is 13.7. The first-order valence-corrected chi connectivity index (χ1v) is 6.20. The molecule has 0 aliphatic carbocycles. The van der Waals surface area contributed by atoms with Crippen LogP contribution >= 0.6 is 0 Å². The van der Waals surface area contributed by atoms with Crippen molar-refractivity contribution in [1.29, 1.82) is 0 Å². The van der Waals surface area contributed by atoms with Crippen LogP contribution in [-0.4, -0.2) is 39.7 Å². The minimum Gasteiger partial charge on any atom is -0.355 e. The second-order valence-electron chi connectivity index (χ2n) is 4.02. The number of nitrogens with one attached hydrogen (secondary N) is 2. The van der Waals surface area contributed by atoms with Crippen LogP contribution in [0.5, 0.6) is 0 Å². The van der Waals surface area contributed by atoms with E-state index in [1.165, 1.54) is 6.33 Å². The van der Waals surface area contributed by atoms with Gasteiger partial charge in [0.05, 0.1) is 12.2 Å². The molecular formula is C13H15N5O2. The Morgan fingerprint density at radius 1 is 1.20 bits per heavy atom. The summed E-state index contributed by atoms with van der Waals surface area (Å²) < 4.78 is 1.59. The third-order valence-corrected chi connectivity index (χ3v) is 2.60. The second kappa shape index (κ2) is 6.46. The molecule has 0 aliphatic rings. The zero-order valence-electron chi connectivity index (χ0n) is 11.0. The molecule has 104 valence electrons. The maximum absolute atomic E-state index is 11.8. The van der Waals surface area contributed by atoms with Crippen LogP contribution < -0.4 is 10.6 Å². The van der Waals surface area contributed by atoms with Crippen molar-refractivity contribution in [2.45, 2.75) is 6.92 Å². The fraction of sp³-hybridized carbons (Fsp3) is 0.231. The number of hydrogen-bond acceptors (Lipinski definition) is 4. The first-order chi connectivity index (χ1) is 9.70. The Bertz CT molecular complexity index is 577. The quantitative estimate of drug-likeness (QED) is 0.810. The van der Waals surface area contributed by atoms with E-state index in [0.717, 1.165) is 5.69 Å². The van der Waals surface area contributed by atoms with E-state index in [-0.39, 0.29) is 18.4 Å². The Morgan fingerprint density at radius 3 is 2.55 bits per heavy atom. The smallest absolute Gasteiger partial charge is 0.251 e. The number of carbonyl (C=O) groups excluding carboxylic acids is 2. The van der Waals surface area contributed by atoms with Gasteiger partial charge in [-0.25, -0.2) is 9.67 Å². The zero-order chi connectivity index (χ0) is 14.4. The highest BCUT2D eigenvalue weighted by Gasteiger charge is 2.07. The van der Waals surface area contributed by atoms with Gasteiger partial charge in [-0.3, -0.25) is 9.59 Å². The molecule has 0 spiro atoms. The lowest BCUT2D eigenvalue weighted by Crippen LogP contribution is -2.36. The Hall–Kier alpha value is -2.70. The third-order valence-electron chi connectivity index (χ3n) is 2.60. The topological polar surface area (TPSA) is 88.9 Å². The van der Waals surface area contributed by atoms with Crippen molar-refractivity contribution in [2.24, 2.45) is 0 Å². The minimum atomic E-state index is -0.290. The van der Waals surface area contributed by atoms with E-state index in [0.29, 0.717) is 12.1 Å². The van der Waals surface area contributed by atoms with Gasteiger partial charge >= 0.3 is 0 Å². The van der Waals surface area contributed by atoms with Crippen LogP contribution in [0.3, 0.4) is 0 Å². The molecular weight excluding hydrogens is 258 g/mol. The number of likely N-dealkylation sites (N-methyl/N-ethyl adjacent to an activating group) is 1. The molecule has 2 amide bonds. The van der Waals surface area contributed by atoms with Crippen LogP contribution in [0.15, 0.2) is 36.9 Å². The molecule has 0 radical (unpaired) electrons. The average molecular weight is 273 g/mol. The molecule has 7 nitrogen and oxygen atoms in total. The number of nitrogens with zero attached hydrogens (tertiary/aromatic N) is 3. The lowest BCUT2D eigenvalue weighted by atomic mass is 10.2. The average Bonchev–Trinajstić information content (AvgIpc) is 2.99. The van der Waals surface area contributed by atoms with Gasteiger partial charge in [-0.15, -0.1) is 0 Å². The Balaban J connectivity index is 1.96. The number of aromatic nitrogens is 3. The van der Waals surface area contributed by atoms with Crippen molar-refractivity contribution in [3.05, 3.63) is 42.5 Å². The summed E-state index contributed by atoms with van der Waals surface area (Å²) in [6.07, 6.45) is 3.01. The van der Waals surface area contributed by atoms with E-state index < -0.39 is 0 Å². The minimum absolute atomic E-state index is 0.0303. The zero-order valence-corrected chi connectivity index (χ0v) is 11.0. The Morgan fingerprint density at radius 2 is 1.95 bits per heavy atom. The summed E-state index contributed by atoms with van der Waals surface area (Å²) in [5, 5.41) is 9.15. The van der Waals surface area contributed by atoms with Crippen molar-refractivity contribution in [3.63, 3.8) is 0 Å². The van der Waals surface area contributed by atoms with Crippen LogP contribution in [-0.2, 0) is 4.79 Å². The van der Waals surface area contributed by atoms with E-state index >= 15 is 0 Å². The molecule has 20 heavy (non-hydrogen) atoms. The van der Waals surface area contributed by atoms with Gasteiger partial charge < -0.3 is 10.6 Å². The highest BCUT2D eigenvalue weighted by atomic mass is 16.2. The maximum atomic E-state index is 11.8. The number of amides is 2. The van der Waals surface area contributed by atoms with Crippen molar-refractivity contribution >= 4 is 11.8 Å². The summed E-state index contributed by atoms with van der Waals surface area (Å²) in [6.45, 7) is 2.33. The molecule has 2 aromatic rings. The van der Waals surface area contributed by atoms with Crippen molar-refractivity contribution in [1.82, 2.24) is 25.4 Å². The van der Waals surface area contributed by atoms with Crippen molar-refractivity contribution < 1.29 is 9.59 Å². The molecule has 2 N–H and O–H groups in total. The predicted octanol–water partition coefficient (Wildman–Crippen LogP) is 0.133. The second-order valence-corrected chi connectivity index (χ2v) is 4.02. The van der Waals surface area contributed by atoms with Crippen LogP contribution in [0.4, 0.5) is 0 Å². The molecule has 7 heteroatoms. The van der Waals surface area contributed by atoms with E-state index in [1.54, 1.807) is 35.3 Å². The molecule has 0 saturated heterocycles. The standard InChI is InChI=1S/C13H15N5O2/c1-2-15-12(19)7-16-13(20)10-3-5-11(6-4-10)18-9-14-8-17-18/h3-6,8-9H,2,7H2,1H3,(H,15,19)(H,16,20). The summed E-state index contributed by atoms with van der Waals surface area (Å²) in [4.78, 5) is 26.9. The van der Waals surface area contributed by atoms with Gasteiger partial charge in [0.25, 0.3) is 5.91 Å². The maximum Gasteiger partial charge on any atom is 0.251 e. The number of benzene rings is 1. The molecule has 0 unspecified atom stereocenters. The van der Waals surface area contributed by atoms with Crippen LogP contribution in [0.25, 0.3) is 5.69 Å². The van der Waals surface area contributed by atoms with E-state index in [9.17, 15) is 9.59 Å². The third kappa shape index (κ3) is 3.41. The molecule has 0 bridgehead atoms. The monoisotopic (exact) mass is 273 g/mol. The lowest BCUT2D eigenvalue weighted by Gasteiger charge is -2.06. The van der Waals surface area contributed by atoms with Gasteiger partial charge in [-0.2, -0.15) is 5.10 Å². The normalized spacial score (nSPS) is 10.1. The van der Waals surface area contributed by atoms with Crippen molar-refractivity contribution in [3.8, 4) is 5.69 Å². The van der Waals surface area contributed by atoms with Crippen LogP contribution in [0.2, 0.25) is 0 Å². The SMILES string of the molecule is CCNC(=O)CNC(=O)c1ccc(-n2cncn2)cc1. The fourth-order valence-electron chi connectivity index (χ4n) is 1.63. The molecule has 1 heterocycles. The molecule has 1 aromatic heterocycles.